The Morgan fingerprint density at radius 3 is 2.85 bits per heavy atom. The number of carboxylic acids is 1. The third-order valence-electron chi connectivity index (χ3n) is 5.29. The van der Waals surface area contributed by atoms with Crippen LogP contribution in [0.25, 0.3) is 0 Å². The van der Waals surface area contributed by atoms with Crippen LogP contribution >= 0.6 is 0 Å². The van der Waals surface area contributed by atoms with Crippen molar-refractivity contribution < 1.29 is 29.2 Å². The van der Waals surface area contributed by atoms with Gasteiger partial charge < -0.3 is 20.1 Å². The number of fused-ring (bicyclic) bond motifs is 1. The first kappa shape index (κ1) is 20.9. The van der Waals surface area contributed by atoms with Crippen molar-refractivity contribution in [3.05, 3.63) is 24.0 Å². The molecular weight excluding hydrogens is 339 g/mol. The van der Waals surface area contributed by atoms with Gasteiger partial charge in [-0.25, -0.2) is 4.39 Å². The zero-order chi connectivity index (χ0) is 19.1. The Morgan fingerprint density at radius 1 is 1.38 bits per heavy atom. The van der Waals surface area contributed by atoms with E-state index in [1.807, 2.05) is 0 Å². The maximum absolute atomic E-state index is 14.8. The van der Waals surface area contributed by atoms with Crippen molar-refractivity contribution in [3.8, 4) is 0 Å². The molecule has 0 radical (unpaired) electrons. The second kappa shape index (κ2) is 10.1. The van der Waals surface area contributed by atoms with Crippen molar-refractivity contribution in [2.24, 2.45) is 11.8 Å². The predicted octanol–water partition coefficient (Wildman–Crippen LogP) is 3.36. The Kier molecular flexibility index (Phi) is 8.10. The molecule has 1 saturated heterocycles. The van der Waals surface area contributed by atoms with Crippen LogP contribution in [-0.2, 0) is 9.53 Å². The number of aliphatic hydroxyl groups excluding tert-OH is 2. The number of unbranched alkanes of at least 4 members (excludes halogenated alkanes) is 3. The van der Waals surface area contributed by atoms with Crippen molar-refractivity contribution in [1.82, 2.24) is 0 Å². The number of ether oxygens (including phenoxy) is 1. The summed E-state index contributed by atoms with van der Waals surface area (Å²) in [7, 11) is 0. The Balaban J connectivity index is 1.91. The van der Waals surface area contributed by atoms with Crippen LogP contribution in [-0.4, -0.2) is 45.8 Å². The van der Waals surface area contributed by atoms with Gasteiger partial charge in [-0.2, -0.15) is 0 Å². The van der Waals surface area contributed by atoms with Gasteiger partial charge in [0.15, 0.2) is 6.17 Å². The molecule has 0 spiro atoms. The molecule has 0 bridgehead atoms. The molecule has 148 valence electrons. The Bertz CT molecular complexity index is 518. The number of aliphatic carboxylic acids is 1. The molecule has 2 aliphatic rings. The predicted molar refractivity (Wildman–Crippen MR) is 96.2 cm³/mol. The first-order valence-corrected chi connectivity index (χ1v) is 9.71. The van der Waals surface area contributed by atoms with Crippen molar-refractivity contribution in [2.45, 2.75) is 82.8 Å². The molecule has 6 atom stereocenters. The highest BCUT2D eigenvalue weighted by molar-refractivity contribution is 5.66. The summed E-state index contributed by atoms with van der Waals surface area (Å²) in [6, 6.07) is 0. The van der Waals surface area contributed by atoms with E-state index in [1.165, 1.54) is 0 Å². The quantitative estimate of drug-likeness (QED) is 0.405. The van der Waals surface area contributed by atoms with Crippen LogP contribution in [0.15, 0.2) is 24.0 Å². The summed E-state index contributed by atoms with van der Waals surface area (Å²) < 4.78 is 20.5. The summed E-state index contributed by atoms with van der Waals surface area (Å²) in [6.45, 7) is 2.10. The molecule has 0 aromatic carbocycles. The lowest BCUT2D eigenvalue weighted by molar-refractivity contribution is -0.137. The summed E-state index contributed by atoms with van der Waals surface area (Å²) in [6.07, 6.45) is 7.25. The van der Waals surface area contributed by atoms with Crippen LogP contribution in [0, 0.1) is 11.8 Å². The second-order valence-electron chi connectivity index (χ2n) is 7.36. The molecule has 3 N–H and O–H groups in total. The van der Waals surface area contributed by atoms with Gasteiger partial charge in [-0.1, -0.05) is 38.3 Å². The van der Waals surface area contributed by atoms with Gasteiger partial charge in [-0.3, -0.25) is 4.79 Å². The zero-order valence-electron chi connectivity index (χ0n) is 15.4. The summed E-state index contributed by atoms with van der Waals surface area (Å²) >= 11 is 0. The van der Waals surface area contributed by atoms with E-state index in [-0.39, 0.29) is 24.2 Å². The summed E-state index contributed by atoms with van der Waals surface area (Å²) in [5, 5.41) is 28.9. The highest BCUT2D eigenvalue weighted by atomic mass is 19.1. The fraction of sp³-hybridized carbons (Fsp3) is 0.750. The third-order valence-corrected chi connectivity index (χ3v) is 5.29. The molecule has 5 nitrogen and oxygen atoms in total. The standard InChI is InChI=1S/C20H31FO5/c1-2-3-4-7-13(22)10-11-14-15(23)12-17-19(14)20(21)16(26-17)8-5-6-9-18(24)25/h8,10-11,13-15,17,19-20,22-23H,2-7,9,12H2,1H3,(H,24,25)/t13-,14-,15+,17-,19+,20+/m0/s1. The van der Waals surface area contributed by atoms with Crippen LogP contribution < -0.4 is 0 Å². The molecule has 2 rings (SSSR count). The number of carbonyl (C=O) groups is 1. The summed E-state index contributed by atoms with van der Waals surface area (Å²) in [4.78, 5) is 10.5. The van der Waals surface area contributed by atoms with Crippen molar-refractivity contribution in [3.63, 3.8) is 0 Å². The smallest absolute Gasteiger partial charge is 0.303 e. The van der Waals surface area contributed by atoms with Gasteiger partial charge in [0.2, 0.25) is 0 Å². The zero-order valence-corrected chi connectivity index (χ0v) is 15.4. The lowest BCUT2D eigenvalue weighted by atomic mass is 9.89. The number of allylic oxidation sites excluding steroid dienone is 2. The molecule has 2 fully saturated rings. The monoisotopic (exact) mass is 370 g/mol. The maximum Gasteiger partial charge on any atom is 0.303 e. The van der Waals surface area contributed by atoms with Crippen molar-refractivity contribution >= 4 is 5.97 Å². The number of hydrogen-bond donors (Lipinski definition) is 3. The van der Waals surface area contributed by atoms with E-state index >= 15 is 0 Å². The van der Waals surface area contributed by atoms with E-state index in [0.717, 1.165) is 19.3 Å². The Hall–Kier alpha value is -1.40. The van der Waals surface area contributed by atoms with E-state index in [2.05, 4.69) is 6.92 Å². The normalized spacial score (nSPS) is 33.5. The molecule has 1 saturated carbocycles. The van der Waals surface area contributed by atoms with E-state index in [1.54, 1.807) is 18.2 Å². The topological polar surface area (TPSA) is 87.0 Å². The summed E-state index contributed by atoms with van der Waals surface area (Å²) in [5.74, 6) is -1.43. The number of alkyl halides is 1. The second-order valence-corrected chi connectivity index (χ2v) is 7.36. The fourth-order valence-electron chi connectivity index (χ4n) is 3.87. The highest BCUT2D eigenvalue weighted by Crippen LogP contribution is 2.47. The van der Waals surface area contributed by atoms with Crippen molar-refractivity contribution in [2.75, 3.05) is 0 Å². The molecule has 1 aliphatic heterocycles. The van der Waals surface area contributed by atoms with Crippen molar-refractivity contribution in [1.29, 1.82) is 0 Å². The molecule has 1 heterocycles. The number of carboxylic acid groups (broad SMARTS) is 1. The van der Waals surface area contributed by atoms with Gasteiger partial charge in [0, 0.05) is 24.7 Å². The van der Waals surface area contributed by atoms with Crippen LogP contribution in [0.3, 0.4) is 0 Å². The van der Waals surface area contributed by atoms with E-state index < -0.39 is 30.3 Å². The van der Waals surface area contributed by atoms with Gasteiger partial charge in [0.05, 0.1) is 12.2 Å². The minimum Gasteiger partial charge on any atom is -0.491 e. The van der Waals surface area contributed by atoms with Gasteiger partial charge >= 0.3 is 5.97 Å². The third kappa shape index (κ3) is 5.55. The molecule has 0 aromatic rings. The minimum atomic E-state index is -1.30. The summed E-state index contributed by atoms with van der Waals surface area (Å²) in [5.41, 5.74) is 0. The van der Waals surface area contributed by atoms with E-state index in [4.69, 9.17) is 9.84 Å². The average molecular weight is 370 g/mol. The molecular formula is C20H31FO5. The molecule has 0 aromatic heterocycles. The Labute approximate surface area is 154 Å². The van der Waals surface area contributed by atoms with Gasteiger partial charge in [0.25, 0.3) is 0 Å². The first-order valence-electron chi connectivity index (χ1n) is 9.71. The number of rotatable bonds is 10. The van der Waals surface area contributed by atoms with Gasteiger partial charge in [-0.05, 0) is 25.3 Å². The lowest BCUT2D eigenvalue weighted by Crippen LogP contribution is -2.25. The molecule has 0 unspecified atom stereocenters. The maximum atomic E-state index is 14.8. The van der Waals surface area contributed by atoms with Gasteiger partial charge in [0.1, 0.15) is 11.9 Å². The molecule has 0 amide bonds. The fourth-order valence-corrected chi connectivity index (χ4v) is 3.87. The van der Waals surface area contributed by atoms with E-state index in [9.17, 15) is 19.4 Å². The first-order chi connectivity index (χ1) is 12.4. The molecule has 6 heteroatoms. The number of hydrogen-bond acceptors (Lipinski definition) is 4. The largest absolute Gasteiger partial charge is 0.491 e. The van der Waals surface area contributed by atoms with Crippen LogP contribution in [0.4, 0.5) is 4.39 Å². The number of halogens is 1. The molecule has 26 heavy (non-hydrogen) atoms. The van der Waals surface area contributed by atoms with Crippen LogP contribution in [0.2, 0.25) is 0 Å². The van der Waals surface area contributed by atoms with E-state index in [0.29, 0.717) is 25.7 Å². The van der Waals surface area contributed by atoms with Crippen LogP contribution in [0.1, 0.15) is 58.3 Å². The SMILES string of the molecule is CCCCC[C@H](O)C=C[C@@H]1[C@@H]2[C@H](C[C@H]1O)OC(=CCCCC(=O)O)[C@H]2F. The molecule has 1 aliphatic carbocycles. The van der Waals surface area contributed by atoms with Crippen LogP contribution in [0.5, 0.6) is 0 Å². The average Bonchev–Trinajstić information content (AvgIpc) is 3.05. The lowest BCUT2D eigenvalue weighted by Gasteiger charge is -2.18. The Morgan fingerprint density at radius 2 is 2.15 bits per heavy atom. The van der Waals surface area contributed by atoms with Gasteiger partial charge in [-0.15, -0.1) is 0 Å². The minimum absolute atomic E-state index is 0.0492. The highest BCUT2D eigenvalue weighted by Gasteiger charge is 2.53. The number of aliphatic hydroxyl groups is 2.